The number of aryl methyl sites for hydroxylation is 2. The van der Waals surface area contributed by atoms with E-state index in [1.165, 1.54) is 77.5 Å². The van der Waals surface area contributed by atoms with Gasteiger partial charge in [-0.1, -0.05) is 122 Å². The lowest BCUT2D eigenvalue weighted by atomic mass is 9.68. The van der Waals surface area contributed by atoms with E-state index in [4.69, 9.17) is 5.53 Å². The van der Waals surface area contributed by atoms with Crippen LogP contribution in [0, 0.1) is 13.8 Å². The van der Waals surface area contributed by atoms with Gasteiger partial charge in [-0.3, -0.25) is 0 Å². The van der Waals surface area contributed by atoms with Gasteiger partial charge in [0, 0.05) is 16.0 Å². The SMILES string of the molecule is CCCCCCCCC1(c2ccc(N=[N+]=[N-])cc2)c2cc(C)ccc2-c2ccc(C)cc21. The van der Waals surface area contributed by atoms with Gasteiger partial charge in [-0.25, -0.2) is 0 Å². The van der Waals surface area contributed by atoms with Crippen molar-refractivity contribution in [1.29, 1.82) is 0 Å². The average Bonchev–Trinajstić information content (AvgIpc) is 3.06. The number of fused-ring (bicyclic) bond motifs is 3. The van der Waals surface area contributed by atoms with Gasteiger partial charge < -0.3 is 0 Å². The summed E-state index contributed by atoms with van der Waals surface area (Å²) in [6, 6.07) is 22.1. The molecular weight excluding hydrogens is 390 g/mol. The highest BCUT2D eigenvalue weighted by Crippen LogP contribution is 2.55. The topological polar surface area (TPSA) is 48.8 Å². The minimum Gasteiger partial charge on any atom is -0.0654 e. The molecule has 0 saturated carbocycles. The summed E-state index contributed by atoms with van der Waals surface area (Å²) in [5.41, 5.74) is 18.8. The smallest absolute Gasteiger partial charge is 0.0463 e. The molecule has 164 valence electrons. The molecule has 0 aliphatic heterocycles. The van der Waals surface area contributed by atoms with Crippen molar-refractivity contribution in [1.82, 2.24) is 0 Å². The van der Waals surface area contributed by atoms with Crippen molar-refractivity contribution >= 4 is 5.69 Å². The molecule has 3 aromatic rings. The Balaban J connectivity index is 1.84. The number of unbranched alkanes of at least 4 members (excludes halogenated alkanes) is 5. The lowest BCUT2D eigenvalue weighted by Crippen LogP contribution is -2.27. The molecule has 3 aromatic carbocycles. The van der Waals surface area contributed by atoms with Gasteiger partial charge in [0.25, 0.3) is 0 Å². The molecule has 1 aliphatic rings. The van der Waals surface area contributed by atoms with Crippen LogP contribution in [0.15, 0.2) is 65.8 Å². The van der Waals surface area contributed by atoms with Gasteiger partial charge in [-0.2, -0.15) is 0 Å². The van der Waals surface area contributed by atoms with E-state index in [-0.39, 0.29) is 5.41 Å². The van der Waals surface area contributed by atoms with Crippen molar-refractivity contribution in [3.05, 3.63) is 98.9 Å². The summed E-state index contributed by atoms with van der Waals surface area (Å²) < 4.78 is 0. The van der Waals surface area contributed by atoms with Crippen molar-refractivity contribution in [2.24, 2.45) is 5.11 Å². The molecule has 0 fully saturated rings. The van der Waals surface area contributed by atoms with Crippen LogP contribution in [0.3, 0.4) is 0 Å². The highest BCUT2D eigenvalue weighted by Gasteiger charge is 2.44. The Hall–Kier alpha value is -3.03. The minimum absolute atomic E-state index is 0.164. The first-order valence-corrected chi connectivity index (χ1v) is 12.0. The van der Waals surface area contributed by atoms with E-state index in [0.29, 0.717) is 5.69 Å². The fourth-order valence-corrected chi connectivity index (χ4v) is 5.40. The average molecular weight is 424 g/mol. The van der Waals surface area contributed by atoms with Gasteiger partial charge in [0.05, 0.1) is 0 Å². The van der Waals surface area contributed by atoms with E-state index in [2.05, 4.69) is 79.3 Å². The Labute approximate surface area is 192 Å². The number of hydrogen-bond donors (Lipinski definition) is 0. The third kappa shape index (κ3) is 4.06. The lowest BCUT2D eigenvalue weighted by molar-refractivity contribution is 0.506. The zero-order valence-electron chi connectivity index (χ0n) is 19.6. The Bertz CT molecular complexity index is 1090. The molecular formula is C29H33N3. The first kappa shape index (κ1) is 22.2. The molecule has 3 heteroatoms. The Kier molecular flexibility index (Phi) is 6.67. The molecule has 0 atom stereocenters. The fourth-order valence-electron chi connectivity index (χ4n) is 5.40. The van der Waals surface area contributed by atoms with Crippen LogP contribution < -0.4 is 0 Å². The van der Waals surface area contributed by atoms with E-state index >= 15 is 0 Å². The fraction of sp³-hybridized carbons (Fsp3) is 0.379. The molecule has 3 nitrogen and oxygen atoms in total. The maximum absolute atomic E-state index is 8.84. The largest absolute Gasteiger partial charge is 0.0654 e. The van der Waals surface area contributed by atoms with Gasteiger partial charge >= 0.3 is 0 Å². The Morgan fingerprint density at radius 2 is 1.31 bits per heavy atom. The number of azide groups is 1. The summed E-state index contributed by atoms with van der Waals surface area (Å²) in [6.07, 6.45) is 8.80. The summed E-state index contributed by atoms with van der Waals surface area (Å²) in [6.45, 7) is 6.65. The quantitative estimate of drug-likeness (QED) is 0.142. The molecule has 0 bridgehead atoms. The van der Waals surface area contributed by atoms with E-state index in [0.717, 1.165) is 6.42 Å². The summed E-state index contributed by atoms with van der Waals surface area (Å²) in [4.78, 5) is 2.96. The molecule has 0 unspecified atom stereocenters. The van der Waals surface area contributed by atoms with Crippen LogP contribution >= 0.6 is 0 Å². The second kappa shape index (κ2) is 9.63. The minimum atomic E-state index is -0.164. The van der Waals surface area contributed by atoms with E-state index < -0.39 is 0 Å². The Morgan fingerprint density at radius 3 is 1.88 bits per heavy atom. The Morgan fingerprint density at radius 1 is 0.750 bits per heavy atom. The third-order valence-corrected chi connectivity index (χ3v) is 6.99. The zero-order valence-corrected chi connectivity index (χ0v) is 19.6. The molecule has 0 heterocycles. The van der Waals surface area contributed by atoms with Gasteiger partial charge in [0.1, 0.15) is 0 Å². The highest BCUT2D eigenvalue weighted by molar-refractivity contribution is 5.84. The molecule has 0 radical (unpaired) electrons. The molecule has 0 spiro atoms. The van der Waals surface area contributed by atoms with Crippen LogP contribution in [0.2, 0.25) is 0 Å². The van der Waals surface area contributed by atoms with Gasteiger partial charge in [-0.05, 0) is 53.6 Å². The number of benzene rings is 3. The predicted octanol–water partition coefficient (Wildman–Crippen LogP) is 9.31. The summed E-state index contributed by atoms with van der Waals surface area (Å²) in [5, 5.41) is 3.80. The van der Waals surface area contributed by atoms with Crippen LogP contribution in [0.1, 0.15) is 79.7 Å². The van der Waals surface area contributed by atoms with Gasteiger partial charge in [-0.15, -0.1) is 0 Å². The van der Waals surface area contributed by atoms with Crippen molar-refractivity contribution in [3.8, 4) is 11.1 Å². The van der Waals surface area contributed by atoms with Crippen LogP contribution in [0.25, 0.3) is 21.6 Å². The second-order valence-electron chi connectivity index (χ2n) is 9.26. The third-order valence-electron chi connectivity index (χ3n) is 6.99. The molecule has 0 amide bonds. The van der Waals surface area contributed by atoms with Crippen LogP contribution in [0.4, 0.5) is 5.69 Å². The normalized spacial score (nSPS) is 13.3. The number of rotatable bonds is 9. The summed E-state index contributed by atoms with van der Waals surface area (Å²) in [5.74, 6) is 0. The second-order valence-corrected chi connectivity index (χ2v) is 9.26. The van der Waals surface area contributed by atoms with Crippen molar-refractivity contribution < 1.29 is 0 Å². The molecule has 4 rings (SSSR count). The van der Waals surface area contributed by atoms with E-state index in [1.807, 2.05) is 12.1 Å². The first-order valence-electron chi connectivity index (χ1n) is 12.0. The standard InChI is InChI=1S/C29H33N3/c1-4-5-6-7-8-9-18-29(23-12-14-24(15-13-23)31-32-30)27-19-21(2)10-16-25(27)26-17-11-22(3)20-28(26)29/h10-17,19-20H,4-9,18H2,1-3H3. The highest BCUT2D eigenvalue weighted by atomic mass is 15.1. The summed E-state index contributed by atoms with van der Waals surface area (Å²) >= 11 is 0. The van der Waals surface area contributed by atoms with Crippen LogP contribution in [-0.4, -0.2) is 0 Å². The predicted molar refractivity (Wildman–Crippen MR) is 134 cm³/mol. The monoisotopic (exact) mass is 423 g/mol. The molecule has 0 aromatic heterocycles. The van der Waals surface area contributed by atoms with E-state index in [1.54, 1.807) is 0 Å². The maximum Gasteiger partial charge on any atom is 0.0463 e. The van der Waals surface area contributed by atoms with Gasteiger partial charge in [0.2, 0.25) is 0 Å². The molecule has 1 aliphatic carbocycles. The van der Waals surface area contributed by atoms with Crippen molar-refractivity contribution in [3.63, 3.8) is 0 Å². The molecule has 32 heavy (non-hydrogen) atoms. The van der Waals surface area contributed by atoms with Gasteiger partial charge in [0.15, 0.2) is 0 Å². The van der Waals surface area contributed by atoms with Crippen molar-refractivity contribution in [2.75, 3.05) is 0 Å². The summed E-state index contributed by atoms with van der Waals surface area (Å²) in [7, 11) is 0. The van der Waals surface area contributed by atoms with Crippen molar-refractivity contribution in [2.45, 2.75) is 71.1 Å². The maximum atomic E-state index is 8.84. The van der Waals surface area contributed by atoms with Crippen LogP contribution in [-0.2, 0) is 5.41 Å². The van der Waals surface area contributed by atoms with Crippen LogP contribution in [0.5, 0.6) is 0 Å². The van der Waals surface area contributed by atoms with E-state index in [9.17, 15) is 0 Å². The molecule has 0 saturated heterocycles. The number of nitrogens with zero attached hydrogens (tertiary/aromatic N) is 3. The first-order chi connectivity index (χ1) is 15.6. The zero-order chi connectivity index (χ0) is 22.6. The molecule has 0 N–H and O–H groups in total. The lowest BCUT2D eigenvalue weighted by Gasteiger charge is -2.34. The number of hydrogen-bond acceptors (Lipinski definition) is 1.